The van der Waals surface area contributed by atoms with Crippen molar-refractivity contribution in [1.82, 2.24) is 18.9 Å². The molecule has 0 aliphatic carbocycles. The van der Waals surface area contributed by atoms with Crippen LogP contribution in [0.1, 0.15) is 11.3 Å². The van der Waals surface area contributed by atoms with Crippen LogP contribution in [0.25, 0.3) is 16.6 Å². The zero-order valence-electron chi connectivity index (χ0n) is 12.1. The van der Waals surface area contributed by atoms with Crippen LogP contribution in [0.3, 0.4) is 0 Å². The molecule has 0 spiro atoms. The molecule has 4 aromatic rings. The topological polar surface area (TPSA) is 52.2 Å². The van der Waals surface area contributed by atoms with Gasteiger partial charge in [0, 0.05) is 11.9 Å². The van der Waals surface area contributed by atoms with E-state index < -0.39 is 0 Å². The van der Waals surface area contributed by atoms with Crippen LogP contribution in [0, 0.1) is 6.92 Å². The first-order chi connectivity index (χ1) is 10.7. The predicted octanol–water partition coefficient (Wildman–Crippen LogP) is 2.40. The van der Waals surface area contributed by atoms with E-state index in [1.54, 1.807) is 17.1 Å². The van der Waals surface area contributed by atoms with E-state index in [0.29, 0.717) is 12.1 Å². The zero-order valence-corrected chi connectivity index (χ0v) is 12.1. The summed E-state index contributed by atoms with van der Waals surface area (Å²) in [5, 5.41) is 0. The van der Waals surface area contributed by atoms with E-state index in [0.717, 1.165) is 22.3 Å². The number of hydrogen-bond donors (Lipinski definition) is 0. The van der Waals surface area contributed by atoms with Gasteiger partial charge in [-0.15, -0.1) is 0 Å². The molecule has 3 heterocycles. The quantitative estimate of drug-likeness (QED) is 0.569. The van der Waals surface area contributed by atoms with Gasteiger partial charge < -0.3 is 4.57 Å². The number of rotatable bonds is 2. The molecule has 22 heavy (non-hydrogen) atoms. The third kappa shape index (κ3) is 1.90. The summed E-state index contributed by atoms with van der Waals surface area (Å²) in [7, 11) is 0. The van der Waals surface area contributed by atoms with Gasteiger partial charge in [0.2, 0.25) is 0 Å². The molecule has 3 aromatic heterocycles. The standard InChI is InChI=1S/C17H14N4O/c1-12-6-7-13(8-19-12)10-20-14-4-2-3-5-15(14)21-11-18-9-16(21)17(20)22/h2-9,11H,10H2,1H3. The van der Waals surface area contributed by atoms with Crippen LogP contribution in [0.4, 0.5) is 0 Å². The summed E-state index contributed by atoms with van der Waals surface area (Å²) < 4.78 is 3.61. The number of benzene rings is 1. The Morgan fingerprint density at radius 3 is 2.59 bits per heavy atom. The molecule has 0 N–H and O–H groups in total. The minimum Gasteiger partial charge on any atom is -0.300 e. The third-order valence-electron chi connectivity index (χ3n) is 3.85. The molecule has 0 aliphatic rings. The number of pyridine rings is 1. The van der Waals surface area contributed by atoms with Gasteiger partial charge in [-0.3, -0.25) is 14.2 Å². The van der Waals surface area contributed by atoms with E-state index in [2.05, 4.69) is 9.97 Å². The Kier molecular flexibility index (Phi) is 2.79. The second kappa shape index (κ2) is 4.80. The first-order valence-electron chi connectivity index (χ1n) is 7.09. The largest absolute Gasteiger partial charge is 0.300 e. The van der Waals surface area contributed by atoms with E-state index in [1.807, 2.05) is 53.9 Å². The number of hydrogen-bond acceptors (Lipinski definition) is 3. The molecule has 0 aliphatic heterocycles. The van der Waals surface area contributed by atoms with Crippen molar-refractivity contribution in [2.75, 3.05) is 0 Å². The highest BCUT2D eigenvalue weighted by Gasteiger charge is 2.11. The first-order valence-corrected chi connectivity index (χ1v) is 7.09. The fraction of sp³-hybridized carbons (Fsp3) is 0.118. The van der Waals surface area contributed by atoms with Gasteiger partial charge in [-0.2, -0.15) is 0 Å². The summed E-state index contributed by atoms with van der Waals surface area (Å²) in [5.41, 5.74) is 4.36. The molecule has 1 aromatic carbocycles. The van der Waals surface area contributed by atoms with Crippen LogP contribution in [-0.4, -0.2) is 18.9 Å². The summed E-state index contributed by atoms with van der Waals surface area (Å²) in [6, 6.07) is 11.8. The van der Waals surface area contributed by atoms with Gasteiger partial charge in [0.25, 0.3) is 5.56 Å². The molecule has 108 valence electrons. The zero-order chi connectivity index (χ0) is 15.1. The van der Waals surface area contributed by atoms with E-state index >= 15 is 0 Å². The van der Waals surface area contributed by atoms with Crippen LogP contribution < -0.4 is 5.56 Å². The molecule has 0 radical (unpaired) electrons. The second-order valence-corrected chi connectivity index (χ2v) is 5.34. The fourth-order valence-corrected chi connectivity index (χ4v) is 2.72. The average Bonchev–Trinajstić information content (AvgIpc) is 3.03. The van der Waals surface area contributed by atoms with E-state index in [9.17, 15) is 4.79 Å². The Hall–Kier alpha value is -2.95. The lowest BCUT2D eigenvalue weighted by atomic mass is 10.2. The molecule has 0 amide bonds. The SMILES string of the molecule is Cc1ccc(Cn2c(=O)c3cncn3c3ccccc32)cn1. The molecule has 5 nitrogen and oxygen atoms in total. The number of imidazole rings is 1. The van der Waals surface area contributed by atoms with Crippen molar-refractivity contribution in [2.45, 2.75) is 13.5 Å². The Morgan fingerprint density at radius 1 is 1.00 bits per heavy atom. The van der Waals surface area contributed by atoms with Crippen molar-refractivity contribution < 1.29 is 0 Å². The van der Waals surface area contributed by atoms with Crippen LogP contribution >= 0.6 is 0 Å². The molecule has 4 rings (SSSR count). The van der Waals surface area contributed by atoms with Crippen LogP contribution in [-0.2, 0) is 6.54 Å². The number of aromatic nitrogens is 4. The molecule has 5 heteroatoms. The van der Waals surface area contributed by atoms with E-state index in [4.69, 9.17) is 0 Å². The van der Waals surface area contributed by atoms with Crippen LogP contribution in [0.2, 0.25) is 0 Å². The van der Waals surface area contributed by atoms with Crippen molar-refractivity contribution in [3.05, 3.63) is 76.7 Å². The van der Waals surface area contributed by atoms with Crippen molar-refractivity contribution >= 4 is 16.6 Å². The molecule has 0 atom stereocenters. The average molecular weight is 290 g/mol. The lowest BCUT2D eigenvalue weighted by Crippen LogP contribution is -2.23. The van der Waals surface area contributed by atoms with Crippen molar-refractivity contribution in [3.63, 3.8) is 0 Å². The molecule has 0 saturated carbocycles. The summed E-state index contributed by atoms with van der Waals surface area (Å²) in [4.78, 5) is 21.2. The molecular formula is C17H14N4O. The maximum Gasteiger partial charge on any atom is 0.277 e. The summed E-state index contributed by atoms with van der Waals surface area (Å²) >= 11 is 0. The van der Waals surface area contributed by atoms with Gasteiger partial charge in [0.15, 0.2) is 0 Å². The molecule has 0 fully saturated rings. The summed E-state index contributed by atoms with van der Waals surface area (Å²) in [6.45, 7) is 2.44. The number of para-hydroxylation sites is 2. The molecule has 0 bridgehead atoms. The maximum absolute atomic E-state index is 12.8. The molecular weight excluding hydrogens is 276 g/mol. The Bertz CT molecular complexity index is 1030. The van der Waals surface area contributed by atoms with E-state index in [-0.39, 0.29) is 5.56 Å². The molecule has 0 saturated heterocycles. The Labute approximate surface area is 126 Å². The lowest BCUT2D eigenvalue weighted by molar-refractivity contribution is 0.788. The number of fused-ring (bicyclic) bond motifs is 3. The van der Waals surface area contributed by atoms with Crippen molar-refractivity contribution in [1.29, 1.82) is 0 Å². The maximum atomic E-state index is 12.8. The smallest absolute Gasteiger partial charge is 0.277 e. The van der Waals surface area contributed by atoms with Gasteiger partial charge in [-0.25, -0.2) is 4.98 Å². The van der Waals surface area contributed by atoms with Gasteiger partial charge in [-0.1, -0.05) is 18.2 Å². The fourth-order valence-electron chi connectivity index (χ4n) is 2.72. The Morgan fingerprint density at radius 2 is 1.82 bits per heavy atom. The lowest BCUT2D eigenvalue weighted by Gasteiger charge is -2.12. The van der Waals surface area contributed by atoms with Crippen LogP contribution in [0.15, 0.2) is 59.9 Å². The van der Waals surface area contributed by atoms with Crippen molar-refractivity contribution in [3.8, 4) is 0 Å². The van der Waals surface area contributed by atoms with Gasteiger partial charge in [-0.05, 0) is 30.7 Å². The third-order valence-corrected chi connectivity index (χ3v) is 3.85. The molecule has 0 unspecified atom stereocenters. The summed E-state index contributed by atoms with van der Waals surface area (Å²) in [5.74, 6) is 0. The minimum absolute atomic E-state index is 0.0447. The Balaban J connectivity index is 2.00. The highest BCUT2D eigenvalue weighted by atomic mass is 16.1. The monoisotopic (exact) mass is 290 g/mol. The number of aryl methyl sites for hydroxylation is 1. The van der Waals surface area contributed by atoms with Gasteiger partial charge >= 0.3 is 0 Å². The minimum atomic E-state index is -0.0447. The highest BCUT2D eigenvalue weighted by Crippen LogP contribution is 2.15. The first kappa shape index (κ1) is 12.8. The van der Waals surface area contributed by atoms with Gasteiger partial charge in [0.05, 0.1) is 30.1 Å². The number of nitrogens with zero attached hydrogens (tertiary/aromatic N) is 4. The summed E-state index contributed by atoms with van der Waals surface area (Å²) in [6.07, 6.45) is 5.10. The second-order valence-electron chi connectivity index (χ2n) is 5.34. The van der Waals surface area contributed by atoms with Crippen LogP contribution in [0.5, 0.6) is 0 Å². The van der Waals surface area contributed by atoms with Gasteiger partial charge in [0.1, 0.15) is 5.52 Å². The van der Waals surface area contributed by atoms with E-state index in [1.165, 1.54) is 0 Å². The van der Waals surface area contributed by atoms with Crippen molar-refractivity contribution in [2.24, 2.45) is 0 Å². The predicted molar refractivity (Wildman–Crippen MR) is 85.0 cm³/mol. The normalized spacial score (nSPS) is 11.3. The highest BCUT2D eigenvalue weighted by molar-refractivity contribution is 5.78.